The molecule has 5 heteroatoms. The van der Waals surface area contributed by atoms with Crippen LogP contribution in [0.1, 0.15) is 31.7 Å². The normalized spacial score (nSPS) is 11.7. The van der Waals surface area contributed by atoms with E-state index in [1.54, 1.807) is 12.1 Å². The molecule has 1 rings (SSSR count). The maximum atomic E-state index is 12.1. The summed E-state index contributed by atoms with van der Waals surface area (Å²) in [6.07, 6.45) is 5.87. The fourth-order valence-electron chi connectivity index (χ4n) is 1.55. The number of carbonyl (C=O) groups excluding carboxylic acids is 1. The van der Waals surface area contributed by atoms with Crippen molar-refractivity contribution < 1.29 is 14.6 Å². The summed E-state index contributed by atoms with van der Waals surface area (Å²) in [6, 6.07) is 3.12. The SMILES string of the molecule is CCCCCOC(=O)/C(NC)=C(\[O-])c1ccncc1. The molecule has 0 bridgehead atoms. The van der Waals surface area contributed by atoms with Crippen LogP contribution < -0.4 is 10.4 Å². The molecular formula is C14H19N2O3-. The van der Waals surface area contributed by atoms with Crippen molar-refractivity contribution in [3.05, 3.63) is 35.8 Å². The number of carbonyl (C=O) groups is 1. The van der Waals surface area contributed by atoms with Crippen LogP contribution in [0.25, 0.3) is 5.76 Å². The number of pyridine rings is 1. The lowest BCUT2D eigenvalue weighted by molar-refractivity contribution is -0.245. The Balaban J connectivity index is 2.73. The van der Waals surface area contributed by atoms with Crippen LogP contribution in [0.2, 0.25) is 0 Å². The number of unbranched alkanes of at least 4 members (excludes halogenated alkanes) is 2. The summed E-state index contributed by atoms with van der Waals surface area (Å²) in [6.45, 7) is 2.40. The van der Waals surface area contributed by atoms with Crippen molar-refractivity contribution in [2.24, 2.45) is 0 Å². The second-order valence-electron chi connectivity index (χ2n) is 4.03. The molecule has 0 aliphatic carbocycles. The van der Waals surface area contributed by atoms with Crippen molar-refractivity contribution in [1.82, 2.24) is 10.3 Å². The Kier molecular flexibility index (Phi) is 6.43. The molecule has 0 fully saturated rings. The molecule has 1 N–H and O–H groups in total. The van der Waals surface area contributed by atoms with E-state index < -0.39 is 5.97 Å². The molecule has 0 aromatic carbocycles. The molecule has 0 spiro atoms. The molecule has 0 aliphatic rings. The average Bonchev–Trinajstić information content (AvgIpc) is 2.45. The van der Waals surface area contributed by atoms with Crippen molar-refractivity contribution in [3.8, 4) is 0 Å². The van der Waals surface area contributed by atoms with E-state index in [-0.39, 0.29) is 11.5 Å². The molecule has 0 amide bonds. The summed E-state index contributed by atoms with van der Waals surface area (Å²) in [4.78, 5) is 15.6. The summed E-state index contributed by atoms with van der Waals surface area (Å²) in [5, 5.41) is 14.7. The number of nitrogens with one attached hydrogen (secondary N) is 1. The van der Waals surface area contributed by atoms with Crippen molar-refractivity contribution in [3.63, 3.8) is 0 Å². The van der Waals surface area contributed by atoms with Gasteiger partial charge < -0.3 is 15.2 Å². The quantitative estimate of drug-likeness (QED) is 0.344. The van der Waals surface area contributed by atoms with Crippen LogP contribution >= 0.6 is 0 Å². The van der Waals surface area contributed by atoms with Gasteiger partial charge in [0.25, 0.3) is 0 Å². The summed E-state index contributed by atoms with van der Waals surface area (Å²) >= 11 is 0. The minimum atomic E-state index is -0.611. The standard InChI is InChI=1S/C14H20N2O3/c1-3-4-5-10-19-14(18)12(15-2)13(17)11-6-8-16-9-7-11/h6-9,15,17H,3-5,10H2,1-2H3/p-1/b13-12+. The van der Waals surface area contributed by atoms with Gasteiger partial charge in [-0.3, -0.25) is 4.98 Å². The van der Waals surface area contributed by atoms with Gasteiger partial charge in [-0.15, -0.1) is 0 Å². The molecule has 104 valence electrons. The van der Waals surface area contributed by atoms with Gasteiger partial charge in [-0.05, 0) is 24.1 Å². The van der Waals surface area contributed by atoms with Gasteiger partial charge in [-0.1, -0.05) is 25.5 Å². The first-order valence-electron chi connectivity index (χ1n) is 6.37. The summed E-state index contributed by atoms with van der Waals surface area (Å²) in [7, 11) is 1.53. The fraction of sp³-hybridized carbons (Fsp3) is 0.429. The number of nitrogens with zero attached hydrogens (tertiary/aromatic N) is 1. The molecule has 0 saturated carbocycles. The third-order valence-electron chi connectivity index (χ3n) is 2.60. The van der Waals surface area contributed by atoms with Crippen molar-refractivity contribution in [1.29, 1.82) is 0 Å². The van der Waals surface area contributed by atoms with Crippen molar-refractivity contribution in [2.45, 2.75) is 26.2 Å². The minimum absolute atomic E-state index is 0.0531. The Hall–Kier alpha value is -2.04. The van der Waals surface area contributed by atoms with Crippen LogP contribution in [0.15, 0.2) is 30.2 Å². The lowest BCUT2D eigenvalue weighted by Crippen LogP contribution is -2.24. The number of ether oxygens (including phenoxy) is 1. The minimum Gasteiger partial charge on any atom is -0.870 e. The molecule has 1 aromatic rings. The third-order valence-corrected chi connectivity index (χ3v) is 2.60. The molecule has 0 unspecified atom stereocenters. The Labute approximate surface area is 113 Å². The molecule has 0 saturated heterocycles. The number of esters is 1. The first kappa shape index (κ1) is 15.0. The van der Waals surface area contributed by atoms with E-state index in [0.29, 0.717) is 12.2 Å². The second-order valence-corrected chi connectivity index (χ2v) is 4.03. The predicted octanol–water partition coefficient (Wildman–Crippen LogP) is 1.06. The van der Waals surface area contributed by atoms with E-state index in [0.717, 1.165) is 19.3 Å². The number of rotatable bonds is 7. The summed E-state index contributed by atoms with van der Waals surface area (Å²) in [5.41, 5.74) is 0.354. The number of hydrogen-bond acceptors (Lipinski definition) is 5. The van der Waals surface area contributed by atoms with E-state index in [1.807, 2.05) is 0 Å². The van der Waals surface area contributed by atoms with Crippen LogP contribution in [0.4, 0.5) is 0 Å². The highest BCUT2D eigenvalue weighted by Gasteiger charge is 2.11. The van der Waals surface area contributed by atoms with Crippen LogP contribution in [0.3, 0.4) is 0 Å². The van der Waals surface area contributed by atoms with E-state index in [2.05, 4.69) is 17.2 Å². The van der Waals surface area contributed by atoms with Gasteiger partial charge in [0.1, 0.15) is 5.70 Å². The maximum absolute atomic E-state index is 12.1. The Morgan fingerprint density at radius 3 is 2.63 bits per heavy atom. The van der Waals surface area contributed by atoms with Gasteiger partial charge in [-0.2, -0.15) is 0 Å². The van der Waals surface area contributed by atoms with Gasteiger partial charge in [-0.25, -0.2) is 4.79 Å². The lowest BCUT2D eigenvalue weighted by atomic mass is 10.2. The molecule has 0 aliphatic heterocycles. The topological polar surface area (TPSA) is 74.3 Å². The van der Waals surface area contributed by atoms with Gasteiger partial charge in [0, 0.05) is 19.4 Å². The van der Waals surface area contributed by atoms with Gasteiger partial charge in [0.2, 0.25) is 0 Å². The van der Waals surface area contributed by atoms with Crippen molar-refractivity contribution >= 4 is 11.7 Å². The summed E-state index contributed by atoms with van der Waals surface area (Å²) < 4.78 is 5.06. The van der Waals surface area contributed by atoms with Gasteiger partial charge >= 0.3 is 5.97 Å². The number of hydrogen-bond donors (Lipinski definition) is 1. The highest BCUT2D eigenvalue weighted by Crippen LogP contribution is 2.11. The Morgan fingerprint density at radius 1 is 1.37 bits per heavy atom. The third kappa shape index (κ3) is 4.62. The van der Waals surface area contributed by atoms with Crippen LogP contribution in [-0.2, 0) is 9.53 Å². The van der Waals surface area contributed by atoms with Crippen LogP contribution in [0, 0.1) is 0 Å². The molecule has 0 radical (unpaired) electrons. The zero-order valence-electron chi connectivity index (χ0n) is 11.3. The number of aromatic nitrogens is 1. The Morgan fingerprint density at radius 2 is 2.05 bits per heavy atom. The molecule has 0 atom stereocenters. The highest BCUT2D eigenvalue weighted by atomic mass is 16.5. The smallest absolute Gasteiger partial charge is 0.353 e. The maximum Gasteiger partial charge on any atom is 0.353 e. The number of likely N-dealkylation sites (N-methyl/N-ethyl adjacent to an activating group) is 1. The van der Waals surface area contributed by atoms with E-state index in [9.17, 15) is 9.90 Å². The van der Waals surface area contributed by atoms with Crippen molar-refractivity contribution in [2.75, 3.05) is 13.7 Å². The fourth-order valence-corrected chi connectivity index (χ4v) is 1.55. The zero-order valence-corrected chi connectivity index (χ0v) is 11.3. The molecular weight excluding hydrogens is 244 g/mol. The highest BCUT2D eigenvalue weighted by molar-refractivity contribution is 5.94. The monoisotopic (exact) mass is 263 g/mol. The summed E-state index contributed by atoms with van der Waals surface area (Å²) in [5.74, 6) is -0.995. The van der Waals surface area contributed by atoms with E-state index in [4.69, 9.17) is 4.74 Å². The molecule has 5 nitrogen and oxygen atoms in total. The molecule has 19 heavy (non-hydrogen) atoms. The predicted molar refractivity (Wildman–Crippen MR) is 70.7 cm³/mol. The average molecular weight is 263 g/mol. The van der Waals surface area contributed by atoms with Crippen LogP contribution in [-0.4, -0.2) is 24.6 Å². The largest absolute Gasteiger partial charge is 0.870 e. The van der Waals surface area contributed by atoms with Gasteiger partial charge in [0.15, 0.2) is 0 Å². The lowest BCUT2D eigenvalue weighted by Gasteiger charge is -2.18. The first-order valence-corrected chi connectivity index (χ1v) is 6.37. The zero-order chi connectivity index (χ0) is 14.1. The second kappa shape index (κ2) is 8.13. The van der Waals surface area contributed by atoms with E-state index in [1.165, 1.54) is 19.4 Å². The molecule has 1 heterocycles. The van der Waals surface area contributed by atoms with Gasteiger partial charge in [0.05, 0.1) is 6.61 Å². The molecule has 1 aromatic heterocycles. The Bertz CT molecular complexity index is 430. The van der Waals surface area contributed by atoms with E-state index >= 15 is 0 Å². The van der Waals surface area contributed by atoms with Crippen LogP contribution in [0.5, 0.6) is 0 Å². The first-order chi connectivity index (χ1) is 9.20.